The van der Waals surface area contributed by atoms with Crippen molar-refractivity contribution in [1.29, 1.82) is 0 Å². The first-order chi connectivity index (χ1) is 6.27. The molecular formula is C10H9NOS. The van der Waals surface area contributed by atoms with Crippen LogP contribution >= 0.6 is 11.3 Å². The molecule has 66 valence electrons. The second kappa shape index (κ2) is 3.11. The maximum absolute atomic E-state index is 9.27. The van der Waals surface area contributed by atoms with E-state index in [4.69, 9.17) is 5.73 Å². The Morgan fingerprint density at radius 2 is 2.08 bits per heavy atom. The average Bonchev–Trinajstić information content (AvgIpc) is 2.51. The van der Waals surface area contributed by atoms with Crippen LogP contribution in [0.15, 0.2) is 35.0 Å². The quantitative estimate of drug-likeness (QED) is 0.728. The van der Waals surface area contributed by atoms with E-state index in [0.717, 1.165) is 16.8 Å². The third-order valence-corrected chi connectivity index (χ3v) is 2.61. The van der Waals surface area contributed by atoms with Gasteiger partial charge in [0.1, 0.15) is 5.75 Å². The summed E-state index contributed by atoms with van der Waals surface area (Å²) in [5.74, 6) is 0.267. The smallest absolute Gasteiger partial charge is 0.116 e. The summed E-state index contributed by atoms with van der Waals surface area (Å²) < 4.78 is 0. The Hall–Kier alpha value is -1.48. The predicted octanol–water partition coefficient (Wildman–Crippen LogP) is 2.70. The molecule has 0 radical (unpaired) electrons. The molecule has 2 aromatic rings. The molecule has 2 nitrogen and oxygen atoms in total. The topological polar surface area (TPSA) is 46.2 Å². The maximum Gasteiger partial charge on any atom is 0.116 e. The summed E-state index contributed by atoms with van der Waals surface area (Å²) in [4.78, 5) is 0. The summed E-state index contributed by atoms with van der Waals surface area (Å²) in [5, 5.41) is 13.1. The zero-order valence-corrected chi connectivity index (χ0v) is 7.71. The van der Waals surface area contributed by atoms with Crippen molar-refractivity contribution in [3.8, 4) is 16.9 Å². The summed E-state index contributed by atoms with van der Waals surface area (Å²) in [6.45, 7) is 0. The number of benzene rings is 1. The number of hydrogen-bond donors (Lipinski definition) is 2. The highest BCUT2D eigenvalue weighted by molar-refractivity contribution is 7.08. The number of rotatable bonds is 1. The number of nitrogen functional groups attached to an aromatic ring is 1. The van der Waals surface area contributed by atoms with E-state index in [9.17, 15) is 5.11 Å². The first-order valence-electron chi connectivity index (χ1n) is 3.88. The van der Waals surface area contributed by atoms with Crippen molar-refractivity contribution in [2.45, 2.75) is 0 Å². The van der Waals surface area contributed by atoms with Gasteiger partial charge in [0.2, 0.25) is 0 Å². The average molecular weight is 191 g/mol. The number of aromatic hydroxyl groups is 1. The van der Waals surface area contributed by atoms with Crippen LogP contribution in [-0.4, -0.2) is 5.11 Å². The molecule has 0 saturated heterocycles. The second-order valence-electron chi connectivity index (χ2n) is 2.79. The van der Waals surface area contributed by atoms with Crippen LogP contribution in [0.25, 0.3) is 11.1 Å². The van der Waals surface area contributed by atoms with Gasteiger partial charge in [-0.15, -0.1) is 11.3 Å². The molecule has 1 aromatic heterocycles. The number of phenolic OH excluding ortho intramolecular Hbond substituents is 1. The van der Waals surface area contributed by atoms with Gasteiger partial charge in [-0.1, -0.05) is 12.1 Å². The van der Waals surface area contributed by atoms with Crippen LogP contribution in [0, 0.1) is 0 Å². The van der Waals surface area contributed by atoms with Crippen LogP contribution in [0.4, 0.5) is 5.69 Å². The van der Waals surface area contributed by atoms with Gasteiger partial charge in [-0.25, -0.2) is 0 Å². The third-order valence-electron chi connectivity index (χ3n) is 1.85. The van der Waals surface area contributed by atoms with Gasteiger partial charge in [0.25, 0.3) is 0 Å². The standard InChI is InChI=1S/C10H9NOS/c11-10-6-13-5-9(10)7-2-1-3-8(12)4-7/h1-6,12H,11H2. The van der Waals surface area contributed by atoms with Gasteiger partial charge < -0.3 is 10.8 Å². The normalized spacial score (nSPS) is 10.2. The van der Waals surface area contributed by atoms with Crippen molar-refractivity contribution in [1.82, 2.24) is 0 Å². The number of thiophene rings is 1. The van der Waals surface area contributed by atoms with Gasteiger partial charge in [0.05, 0.1) is 5.69 Å². The summed E-state index contributed by atoms with van der Waals surface area (Å²) >= 11 is 1.56. The Morgan fingerprint density at radius 1 is 1.23 bits per heavy atom. The van der Waals surface area contributed by atoms with E-state index in [2.05, 4.69) is 0 Å². The van der Waals surface area contributed by atoms with E-state index < -0.39 is 0 Å². The van der Waals surface area contributed by atoms with Gasteiger partial charge in [0.15, 0.2) is 0 Å². The van der Waals surface area contributed by atoms with Crippen molar-refractivity contribution in [3.63, 3.8) is 0 Å². The Morgan fingerprint density at radius 3 is 2.69 bits per heavy atom. The molecule has 0 bridgehead atoms. The van der Waals surface area contributed by atoms with Gasteiger partial charge in [-0.2, -0.15) is 0 Å². The molecule has 0 spiro atoms. The molecule has 2 rings (SSSR count). The van der Waals surface area contributed by atoms with Gasteiger partial charge >= 0.3 is 0 Å². The number of phenols is 1. The van der Waals surface area contributed by atoms with E-state index in [-0.39, 0.29) is 5.75 Å². The fourth-order valence-electron chi connectivity index (χ4n) is 1.22. The highest BCUT2D eigenvalue weighted by Crippen LogP contribution is 2.30. The van der Waals surface area contributed by atoms with Crippen LogP contribution in [0.3, 0.4) is 0 Å². The fourth-order valence-corrected chi connectivity index (χ4v) is 1.96. The molecule has 3 N–H and O–H groups in total. The van der Waals surface area contributed by atoms with Crippen molar-refractivity contribution in [2.75, 3.05) is 5.73 Å². The molecule has 1 heterocycles. The maximum atomic E-state index is 9.27. The minimum atomic E-state index is 0.267. The largest absolute Gasteiger partial charge is 0.508 e. The van der Waals surface area contributed by atoms with Gasteiger partial charge in [0, 0.05) is 16.3 Å². The third kappa shape index (κ3) is 1.51. The molecule has 0 amide bonds. The van der Waals surface area contributed by atoms with Gasteiger partial charge in [-0.3, -0.25) is 0 Å². The van der Waals surface area contributed by atoms with Crippen molar-refractivity contribution >= 4 is 17.0 Å². The molecule has 0 aliphatic heterocycles. The van der Waals surface area contributed by atoms with Crippen LogP contribution in [0.2, 0.25) is 0 Å². The second-order valence-corrected chi connectivity index (χ2v) is 3.53. The molecule has 0 aliphatic rings. The molecule has 0 atom stereocenters. The van der Waals surface area contributed by atoms with E-state index in [1.807, 2.05) is 22.9 Å². The molecule has 0 fully saturated rings. The van der Waals surface area contributed by atoms with Crippen LogP contribution in [-0.2, 0) is 0 Å². The Kier molecular flexibility index (Phi) is 1.94. The summed E-state index contributed by atoms with van der Waals surface area (Å²) in [5.41, 5.74) is 8.46. The lowest BCUT2D eigenvalue weighted by Crippen LogP contribution is -1.83. The van der Waals surface area contributed by atoms with Crippen molar-refractivity contribution < 1.29 is 5.11 Å². The zero-order chi connectivity index (χ0) is 9.26. The fraction of sp³-hybridized carbons (Fsp3) is 0. The monoisotopic (exact) mass is 191 g/mol. The molecule has 0 aliphatic carbocycles. The summed E-state index contributed by atoms with van der Waals surface area (Å²) in [6, 6.07) is 7.09. The summed E-state index contributed by atoms with van der Waals surface area (Å²) in [6.07, 6.45) is 0. The molecule has 0 saturated carbocycles. The first kappa shape index (κ1) is 8.13. The SMILES string of the molecule is Nc1cscc1-c1cccc(O)c1. The van der Waals surface area contributed by atoms with E-state index in [1.54, 1.807) is 23.5 Å². The van der Waals surface area contributed by atoms with Gasteiger partial charge in [-0.05, 0) is 17.7 Å². The lowest BCUT2D eigenvalue weighted by Gasteiger charge is -2.00. The molecule has 13 heavy (non-hydrogen) atoms. The van der Waals surface area contributed by atoms with Crippen molar-refractivity contribution in [3.05, 3.63) is 35.0 Å². The number of anilines is 1. The first-order valence-corrected chi connectivity index (χ1v) is 4.83. The van der Waals surface area contributed by atoms with Crippen molar-refractivity contribution in [2.24, 2.45) is 0 Å². The molecule has 3 heteroatoms. The molecule has 0 unspecified atom stereocenters. The molecule has 1 aromatic carbocycles. The number of hydrogen-bond acceptors (Lipinski definition) is 3. The molecular weight excluding hydrogens is 182 g/mol. The summed E-state index contributed by atoms with van der Waals surface area (Å²) in [7, 11) is 0. The number of nitrogens with two attached hydrogens (primary N) is 1. The lowest BCUT2D eigenvalue weighted by atomic mass is 10.1. The highest BCUT2D eigenvalue weighted by Gasteiger charge is 2.03. The van der Waals surface area contributed by atoms with E-state index in [0.29, 0.717) is 0 Å². The van der Waals surface area contributed by atoms with E-state index >= 15 is 0 Å². The minimum absolute atomic E-state index is 0.267. The Balaban J connectivity index is 2.53. The minimum Gasteiger partial charge on any atom is -0.508 e. The zero-order valence-electron chi connectivity index (χ0n) is 6.90. The van der Waals surface area contributed by atoms with Crippen LogP contribution < -0.4 is 5.73 Å². The highest BCUT2D eigenvalue weighted by atomic mass is 32.1. The van der Waals surface area contributed by atoms with Crippen LogP contribution in [0.1, 0.15) is 0 Å². The lowest BCUT2D eigenvalue weighted by molar-refractivity contribution is 0.475. The Bertz CT molecular complexity index is 422. The predicted molar refractivity (Wildman–Crippen MR) is 55.8 cm³/mol. The Labute approximate surface area is 80.3 Å². The van der Waals surface area contributed by atoms with Crippen LogP contribution in [0.5, 0.6) is 5.75 Å². The van der Waals surface area contributed by atoms with E-state index in [1.165, 1.54) is 0 Å².